The van der Waals surface area contributed by atoms with E-state index in [1.807, 2.05) is 108 Å². The van der Waals surface area contributed by atoms with Gasteiger partial charge in [-0.2, -0.15) is 0 Å². The second kappa shape index (κ2) is 16.7. The van der Waals surface area contributed by atoms with Crippen molar-refractivity contribution < 1.29 is 94.1 Å². The molecule has 0 unspecified atom stereocenters. The van der Waals surface area contributed by atoms with E-state index in [1.165, 1.54) is 19.2 Å². The standard InChI is InChI=1S/C44H39N5O7.2Y/c1-26-13-34-38(45(2)22-32-17-29-9-5-7-11-36(29)47(32)43(34)50)20-40(26)55-24-27-14-28(16-31(15-27)49(52)53)25-56-42-21-39-35(19-41(42)54-4)44(51)48-33(23-46(39)3)18-30-10-6-8-12-37(30)48;;/h5-16,19-23,32-33H,17-18,24-25H2,1-4H3;;/q-2;;/t32-,33-;;/m0../s1. The Morgan fingerprint density at radius 3 is 1.67 bits per heavy atom. The van der Waals surface area contributed by atoms with Gasteiger partial charge in [-0.05, 0) is 92.0 Å². The summed E-state index contributed by atoms with van der Waals surface area (Å²) in [7, 11) is 5.35. The molecule has 14 heteroatoms. The molecule has 0 aliphatic carbocycles. The van der Waals surface area contributed by atoms with Crippen LogP contribution in [0.25, 0.3) is 0 Å². The van der Waals surface area contributed by atoms with Crippen molar-refractivity contribution in [3.63, 3.8) is 0 Å². The van der Waals surface area contributed by atoms with E-state index in [0.29, 0.717) is 45.2 Å². The number of anilines is 4. The van der Waals surface area contributed by atoms with Crippen molar-refractivity contribution in [2.24, 2.45) is 0 Å². The molecule has 0 saturated heterocycles. The third-order valence-corrected chi connectivity index (χ3v) is 11.1. The first-order valence-corrected chi connectivity index (χ1v) is 18.5. The van der Waals surface area contributed by atoms with Crippen LogP contribution >= 0.6 is 0 Å². The number of ether oxygens (including phenoxy) is 3. The van der Waals surface area contributed by atoms with Crippen molar-refractivity contribution in [3.8, 4) is 17.2 Å². The number of nitro groups is 1. The molecule has 0 bridgehead atoms. The molecule has 2 radical (unpaired) electrons. The average Bonchev–Trinajstić information content (AvgIpc) is 3.70. The maximum absolute atomic E-state index is 14.0. The van der Waals surface area contributed by atoms with Gasteiger partial charge in [-0.25, -0.2) is 13.1 Å². The third-order valence-electron chi connectivity index (χ3n) is 11.1. The second-order valence-electron chi connectivity index (χ2n) is 14.7. The first-order valence-electron chi connectivity index (χ1n) is 18.5. The summed E-state index contributed by atoms with van der Waals surface area (Å²) in [5.41, 5.74) is 8.34. The van der Waals surface area contributed by atoms with Gasteiger partial charge in [0.15, 0.2) is 11.5 Å². The summed E-state index contributed by atoms with van der Waals surface area (Å²) in [5, 5.41) is 12.1. The van der Waals surface area contributed by atoms with Crippen molar-refractivity contribution in [3.05, 3.63) is 153 Å². The van der Waals surface area contributed by atoms with Crippen LogP contribution in [0.2, 0.25) is 0 Å². The Balaban J connectivity index is 0.00000256. The molecule has 9 rings (SSSR count). The number of aryl methyl sites for hydroxylation is 1. The molecule has 5 aromatic carbocycles. The molecule has 2 amide bonds. The number of non-ortho nitro benzene ring substituents is 1. The van der Waals surface area contributed by atoms with Crippen LogP contribution in [-0.4, -0.2) is 50.0 Å². The zero-order chi connectivity index (χ0) is 38.8. The number of nitro benzene ring substituents is 1. The molecule has 4 aliphatic rings. The Hall–Kier alpha value is -4.35. The molecule has 2 atom stereocenters. The fraction of sp³-hybridized carbons (Fsp3) is 0.227. The van der Waals surface area contributed by atoms with Crippen LogP contribution in [0.15, 0.2) is 91.0 Å². The van der Waals surface area contributed by atoms with Crippen LogP contribution in [0.5, 0.6) is 17.2 Å². The molecule has 12 nitrogen and oxygen atoms in total. The van der Waals surface area contributed by atoms with E-state index < -0.39 is 4.92 Å². The Labute approximate surface area is 387 Å². The molecule has 5 aromatic rings. The second-order valence-corrected chi connectivity index (χ2v) is 14.7. The number of rotatable bonds is 8. The van der Waals surface area contributed by atoms with E-state index >= 15 is 0 Å². The Bertz CT molecular complexity index is 2460. The Kier molecular flexibility index (Phi) is 12.0. The number of amides is 2. The van der Waals surface area contributed by atoms with E-state index in [2.05, 4.69) is 12.6 Å². The number of para-hydroxylation sites is 2. The molecule has 290 valence electrons. The largest absolute Gasteiger partial charge is 0.522 e. The monoisotopic (exact) mass is 927 g/mol. The summed E-state index contributed by atoms with van der Waals surface area (Å²) in [6.45, 7) is 6.02. The molecule has 0 fully saturated rings. The van der Waals surface area contributed by atoms with Gasteiger partial charge < -0.3 is 33.8 Å². The van der Waals surface area contributed by atoms with E-state index in [9.17, 15) is 19.7 Å². The summed E-state index contributed by atoms with van der Waals surface area (Å²) < 4.78 is 18.3. The van der Waals surface area contributed by atoms with Crippen LogP contribution in [0.1, 0.15) is 48.5 Å². The SMILES string of the molecule is COc1cc2c(cc1OCc1cc(COc3cc4c(cc3C)C(=O)N3c5ccccc5C[C@H]3[CH-]N4C)cc([N+](=O)[O-])c1)N(C)[CH-][C@@H]1Cc3ccccc3N1C2=O.[Y].[Y]. The summed E-state index contributed by atoms with van der Waals surface area (Å²) >= 11 is 0. The molecule has 0 N–H and O–H groups in total. The van der Waals surface area contributed by atoms with Crippen molar-refractivity contribution >= 4 is 40.3 Å². The van der Waals surface area contributed by atoms with E-state index in [0.717, 1.165) is 46.6 Å². The summed E-state index contributed by atoms with van der Waals surface area (Å²) in [6, 6.07) is 27.7. The fourth-order valence-corrected chi connectivity index (χ4v) is 8.44. The first kappa shape index (κ1) is 41.8. The summed E-state index contributed by atoms with van der Waals surface area (Å²) in [5.74, 6) is 1.14. The molecule has 58 heavy (non-hydrogen) atoms. The van der Waals surface area contributed by atoms with E-state index in [-0.39, 0.29) is 108 Å². The molecule has 4 aliphatic heterocycles. The van der Waals surface area contributed by atoms with Gasteiger partial charge in [0.2, 0.25) is 0 Å². The summed E-state index contributed by atoms with van der Waals surface area (Å²) in [6.07, 6.45) is 1.46. The van der Waals surface area contributed by atoms with Crippen LogP contribution < -0.4 is 33.8 Å². The van der Waals surface area contributed by atoms with Gasteiger partial charge in [0.05, 0.1) is 23.2 Å². The van der Waals surface area contributed by atoms with Gasteiger partial charge in [-0.3, -0.25) is 19.7 Å². The van der Waals surface area contributed by atoms with Crippen molar-refractivity contribution in [1.29, 1.82) is 0 Å². The van der Waals surface area contributed by atoms with E-state index in [4.69, 9.17) is 14.2 Å². The van der Waals surface area contributed by atoms with Crippen LogP contribution in [-0.2, 0) is 91.5 Å². The van der Waals surface area contributed by atoms with Crippen molar-refractivity contribution in [2.45, 2.75) is 45.1 Å². The van der Waals surface area contributed by atoms with Gasteiger partial charge in [-0.15, -0.1) is 0 Å². The average molecular weight is 928 g/mol. The number of nitrogens with zero attached hydrogens (tertiary/aromatic N) is 5. The number of hydrogen-bond acceptors (Lipinski definition) is 9. The number of fused-ring (bicyclic) bond motifs is 8. The minimum atomic E-state index is -0.439. The van der Waals surface area contributed by atoms with Crippen molar-refractivity contribution in [2.75, 3.05) is 40.8 Å². The first-order chi connectivity index (χ1) is 27.1. The fourth-order valence-electron chi connectivity index (χ4n) is 8.44. The van der Waals surface area contributed by atoms with Gasteiger partial charge in [0.1, 0.15) is 19.0 Å². The zero-order valence-corrected chi connectivity index (χ0v) is 38.2. The van der Waals surface area contributed by atoms with E-state index in [1.54, 1.807) is 12.1 Å². The molecule has 0 saturated carbocycles. The number of carbonyl (C=O) groups excluding carboxylic acids is 2. The number of carbonyl (C=O) groups is 2. The van der Waals surface area contributed by atoms with Gasteiger partial charge in [0.25, 0.3) is 17.5 Å². The van der Waals surface area contributed by atoms with Crippen LogP contribution in [0.4, 0.5) is 28.4 Å². The van der Waals surface area contributed by atoms with Gasteiger partial charge >= 0.3 is 0 Å². The smallest absolute Gasteiger partial charge is 0.270 e. The topological polar surface area (TPSA) is 118 Å². The number of benzene rings is 5. The zero-order valence-electron chi connectivity index (χ0n) is 32.5. The quantitative estimate of drug-likeness (QED) is 0.0890. The summed E-state index contributed by atoms with van der Waals surface area (Å²) in [4.78, 5) is 47.2. The Morgan fingerprint density at radius 1 is 0.672 bits per heavy atom. The third kappa shape index (κ3) is 7.42. The minimum absolute atomic E-state index is 0. The maximum Gasteiger partial charge on any atom is 0.270 e. The number of likely N-dealkylation sites (N-methyl/N-ethyl adjacent to an activating group) is 2. The predicted molar refractivity (Wildman–Crippen MR) is 213 cm³/mol. The van der Waals surface area contributed by atoms with Gasteiger partial charge in [0, 0.05) is 112 Å². The number of methoxy groups -OCH3 is 1. The van der Waals surface area contributed by atoms with Crippen molar-refractivity contribution in [1.82, 2.24) is 0 Å². The maximum atomic E-state index is 14.0. The molecule has 0 aromatic heterocycles. The Morgan fingerprint density at radius 2 is 1.16 bits per heavy atom. The molecular formula is C44H39N5O7Y2-2. The van der Waals surface area contributed by atoms with Crippen LogP contribution in [0, 0.1) is 30.1 Å². The molecule has 0 spiro atoms. The van der Waals surface area contributed by atoms with Crippen LogP contribution in [0.3, 0.4) is 0 Å². The minimum Gasteiger partial charge on any atom is -0.522 e. The molecule has 4 heterocycles. The molecular weight excluding hydrogens is 888 g/mol. The normalized spacial score (nSPS) is 17.3. The predicted octanol–water partition coefficient (Wildman–Crippen LogP) is 7.43. The number of hydrogen-bond donors (Lipinski definition) is 0. The van der Waals surface area contributed by atoms with Gasteiger partial charge in [-0.1, -0.05) is 48.5 Å².